The van der Waals surface area contributed by atoms with Crippen LogP contribution in [0.2, 0.25) is 0 Å². The molecule has 2 aliphatic carbocycles. The molecule has 6 heteroatoms. The van der Waals surface area contributed by atoms with Crippen LogP contribution in [0.4, 0.5) is 5.82 Å². The molecule has 0 atom stereocenters. The molecule has 0 aliphatic heterocycles. The number of pyridine rings is 1. The number of aromatic nitrogens is 1. The van der Waals surface area contributed by atoms with E-state index in [1.54, 1.807) is 6.20 Å². The second-order valence-electron chi connectivity index (χ2n) is 6.01. The fourth-order valence-corrected chi connectivity index (χ4v) is 2.47. The number of aryl methyl sites for hydroxylation is 1. The third-order valence-corrected chi connectivity index (χ3v) is 3.96. The van der Waals surface area contributed by atoms with Crippen molar-refractivity contribution in [3.8, 4) is 0 Å². The molecule has 0 amide bonds. The summed E-state index contributed by atoms with van der Waals surface area (Å²) in [6.45, 7) is 6.06. The van der Waals surface area contributed by atoms with E-state index in [1.165, 1.54) is 44.1 Å². The van der Waals surface area contributed by atoms with Crippen molar-refractivity contribution < 1.29 is 29.6 Å². The van der Waals surface area contributed by atoms with Gasteiger partial charge in [0.05, 0.1) is 0 Å². The Balaban J connectivity index is 0.000000425. The van der Waals surface area contributed by atoms with E-state index in [1.807, 2.05) is 20.0 Å². The van der Waals surface area contributed by atoms with Crippen molar-refractivity contribution in [3.05, 3.63) is 35.8 Å². The molecule has 0 unspecified atom stereocenters. The molecule has 3 rings (SSSR count). The minimum absolute atomic E-state index is 0. The zero-order valence-corrected chi connectivity index (χ0v) is 18.3. The van der Waals surface area contributed by atoms with E-state index in [-0.39, 0.29) is 29.6 Å². The van der Waals surface area contributed by atoms with Gasteiger partial charge in [-0.15, -0.1) is 6.20 Å². The molecule has 0 spiro atoms. The van der Waals surface area contributed by atoms with Gasteiger partial charge in [-0.3, -0.25) is 0 Å². The van der Waals surface area contributed by atoms with Crippen LogP contribution in [0.1, 0.15) is 57.9 Å². The maximum Gasteiger partial charge on any atom is 1.00 e. The molecule has 0 bridgehead atoms. The number of anilines is 1. The zero-order chi connectivity index (χ0) is 17.8. The van der Waals surface area contributed by atoms with Gasteiger partial charge in [0.25, 0.3) is 0 Å². The molecular formula is C19H32N5Na. The smallest absolute Gasteiger partial charge is 0.473 e. The summed E-state index contributed by atoms with van der Waals surface area (Å²) in [5.74, 6) is 1.60. The average molecular weight is 353 g/mol. The second-order valence-corrected chi connectivity index (χ2v) is 6.01. The van der Waals surface area contributed by atoms with Gasteiger partial charge in [0.15, 0.2) is 0 Å². The van der Waals surface area contributed by atoms with Gasteiger partial charge in [-0.1, -0.05) is 44.8 Å². The SMILES string of the molecule is CC.Cc1ccc(NC2CCCC2)nc1.N[C-]=N/C=C(\N)C1CC1.[Na+]. The molecule has 0 radical (unpaired) electrons. The molecule has 1 aromatic heterocycles. The van der Waals surface area contributed by atoms with Crippen molar-refractivity contribution in [2.24, 2.45) is 22.4 Å². The fourth-order valence-electron chi connectivity index (χ4n) is 2.47. The molecule has 1 heterocycles. The third-order valence-electron chi connectivity index (χ3n) is 3.96. The number of rotatable bonds is 4. The number of aliphatic imine (C=N–C) groups is 1. The largest absolute Gasteiger partial charge is 1.00 e. The molecule has 134 valence electrons. The van der Waals surface area contributed by atoms with E-state index in [2.05, 4.69) is 40.7 Å². The summed E-state index contributed by atoms with van der Waals surface area (Å²) < 4.78 is 0. The molecule has 1 aromatic rings. The maximum atomic E-state index is 5.54. The minimum Gasteiger partial charge on any atom is -0.473 e. The van der Waals surface area contributed by atoms with Gasteiger partial charge >= 0.3 is 29.6 Å². The Morgan fingerprint density at radius 2 is 1.88 bits per heavy atom. The van der Waals surface area contributed by atoms with Gasteiger partial charge in [-0.05, 0) is 50.2 Å². The van der Waals surface area contributed by atoms with Crippen LogP contribution in [0, 0.1) is 12.8 Å². The first-order chi connectivity index (χ1) is 11.7. The monoisotopic (exact) mass is 353 g/mol. The van der Waals surface area contributed by atoms with E-state index in [0.29, 0.717) is 12.0 Å². The quantitative estimate of drug-likeness (QED) is 0.246. The number of hydrogen-bond donors (Lipinski definition) is 3. The van der Waals surface area contributed by atoms with Crippen LogP contribution in [-0.4, -0.2) is 17.4 Å². The number of nitrogens with one attached hydrogen (secondary N) is 1. The Hall–Kier alpha value is -1.04. The summed E-state index contributed by atoms with van der Waals surface area (Å²) in [6.07, 6.45) is 13.4. The van der Waals surface area contributed by atoms with Gasteiger partial charge in [0.1, 0.15) is 5.82 Å². The minimum atomic E-state index is 0. The topological polar surface area (TPSA) is 89.3 Å². The second kappa shape index (κ2) is 14.2. The summed E-state index contributed by atoms with van der Waals surface area (Å²) in [6, 6.07) is 4.83. The van der Waals surface area contributed by atoms with Crippen molar-refractivity contribution in [3.63, 3.8) is 0 Å². The molecule has 5 nitrogen and oxygen atoms in total. The van der Waals surface area contributed by atoms with E-state index >= 15 is 0 Å². The van der Waals surface area contributed by atoms with Crippen molar-refractivity contribution >= 4 is 12.2 Å². The van der Waals surface area contributed by atoms with Crippen LogP contribution >= 0.6 is 0 Å². The van der Waals surface area contributed by atoms with Crippen molar-refractivity contribution in [1.82, 2.24) is 4.98 Å². The molecule has 5 N–H and O–H groups in total. The van der Waals surface area contributed by atoms with E-state index < -0.39 is 0 Å². The maximum absolute atomic E-state index is 5.54. The molecule has 0 saturated heterocycles. The number of nitrogens with zero attached hydrogens (tertiary/aromatic N) is 2. The molecule has 0 aromatic carbocycles. The van der Waals surface area contributed by atoms with Gasteiger partial charge in [-0.2, -0.15) is 0 Å². The van der Waals surface area contributed by atoms with Gasteiger partial charge in [0, 0.05) is 12.2 Å². The van der Waals surface area contributed by atoms with E-state index in [0.717, 1.165) is 11.5 Å². The predicted octanol–water partition coefficient (Wildman–Crippen LogP) is 0.835. The fraction of sp³-hybridized carbons (Fsp3) is 0.579. The van der Waals surface area contributed by atoms with Gasteiger partial charge < -0.3 is 21.8 Å². The summed E-state index contributed by atoms with van der Waals surface area (Å²) in [4.78, 5) is 7.90. The number of allylic oxidation sites excluding steroid dienone is 1. The number of hydrogen-bond acceptors (Lipinski definition) is 4. The summed E-state index contributed by atoms with van der Waals surface area (Å²) in [5, 5.41) is 3.46. The van der Waals surface area contributed by atoms with Crippen LogP contribution in [0.3, 0.4) is 0 Å². The Kier molecular flexibility index (Phi) is 13.6. The van der Waals surface area contributed by atoms with Crippen molar-refractivity contribution in [2.45, 2.75) is 65.3 Å². The van der Waals surface area contributed by atoms with Crippen LogP contribution in [0.15, 0.2) is 35.2 Å². The average Bonchev–Trinajstić information content (AvgIpc) is 3.35. The standard InChI is InChI=1S/C11H16N2.C6H10N3.C2H6.Na/c1-9-6-7-11(12-8-9)13-10-4-2-3-5-10;7-4-9-3-6(8)5-1-2-5;1-2;/h6-8,10H,2-5H2,1H3,(H,12,13);3,5H,1-2,8H2,(H2,7,9);1-2H3;/q;-1;;+1/b;6-3-;;. The summed E-state index contributed by atoms with van der Waals surface area (Å²) in [5.41, 5.74) is 12.5. The predicted molar refractivity (Wildman–Crippen MR) is 103 cm³/mol. The molecule has 2 aliphatic rings. The normalized spacial score (nSPS) is 17.0. The van der Waals surface area contributed by atoms with E-state index in [4.69, 9.17) is 11.5 Å². The Morgan fingerprint density at radius 3 is 2.36 bits per heavy atom. The zero-order valence-electron chi connectivity index (χ0n) is 16.3. The Bertz CT molecular complexity index is 503. The van der Waals surface area contributed by atoms with Crippen LogP contribution in [0.5, 0.6) is 0 Å². The first-order valence-electron chi connectivity index (χ1n) is 8.99. The number of nitrogens with two attached hydrogens (primary N) is 2. The molecular weight excluding hydrogens is 321 g/mol. The molecule has 25 heavy (non-hydrogen) atoms. The van der Waals surface area contributed by atoms with Gasteiger partial charge in [0.2, 0.25) is 0 Å². The first kappa shape index (κ1) is 24.0. The third kappa shape index (κ3) is 10.5. The Labute approximate surface area is 175 Å². The van der Waals surface area contributed by atoms with Crippen molar-refractivity contribution in [1.29, 1.82) is 0 Å². The summed E-state index contributed by atoms with van der Waals surface area (Å²) >= 11 is 0. The molecule has 2 fully saturated rings. The van der Waals surface area contributed by atoms with Crippen LogP contribution in [-0.2, 0) is 0 Å². The Morgan fingerprint density at radius 1 is 1.24 bits per heavy atom. The summed E-state index contributed by atoms with van der Waals surface area (Å²) in [7, 11) is 0. The first-order valence-corrected chi connectivity index (χ1v) is 8.99. The van der Waals surface area contributed by atoms with Crippen molar-refractivity contribution in [2.75, 3.05) is 5.32 Å². The van der Waals surface area contributed by atoms with Crippen LogP contribution < -0.4 is 46.3 Å². The van der Waals surface area contributed by atoms with Crippen LogP contribution in [0.25, 0.3) is 0 Å². The van der Waals surface area contributed by atoms with Gasteiger partial charge in [-0.25, -0.2) is 4.98 Å². The van der Waals surface area contributed by atoms with E-state index in [9.17, 15) is 0 Å². The molecule has 2 saturated carbocycles.